The maximum Gasteiger partial charge on any atom is 0.231 e. The van der Waals surface area contributed by atoms with E-state index in [-0.39, 0.29) is 16.6 Å². The Morgan fingerprint density at radius 2 is 2.05 bits per heavy atom. The number of likely N-dealkylation sites (N-methyl/N-ethyl adjacent to an activating group) is 1. The number of fused-ring (bicyclic) bond motifs is 1. The van der Waals surface area contributed by atoms with Crippen molar-refractivity contribution in [3.63, 3.8) is 0 Å². The summed E-state index contributed by atoms with van der Waals surface area (Å²) in [6, 6.07) is 10.4. The molecule has 1 heterocycles. The number of carbonyl (C=O) groups is 1. The van der Waals surface area contributed by atoms with E-state index >= 15 is 0 Å². The van der Waals surface area contributed by atoms with E-state index in [4.69, 9.17) is 11.6 Å². The second kappa shape index (κ2) is 5.43. The number of amides is 1. The van der Waals surface area contributed by atoms with Crippen molar-refractivity contribution >= 4 is 39.1 Å². The molecule has 0 radical (unpaired) electrons. The lowest BCUT2D eigenvalue weighted by Gasteiger charge is -2.15. The zero-order valence-electron chi connectivity index (χ0n) is 11.2. The smallest absolute Gasteiger partial charge is 0.231 e. The van der Waals surface area contributed by atoms with Gasteiger partial charge in [0.25, 0.3) is 0 Å². The van der Waals surface area contributed by atoms with Crippen molar-refractivity contribution in [2.24, 2.45) is 0 Å². The van der Waals surface area contributed by atoms with E-state index in [0.717, 1.165) is 16.8 Å². The zero-order chi connectivity index (χ0) is 15.1. The van der Waals surface area contributed by atoms with Crippen molar-refractivity contribution in [1.82, 2.24) is 0 Å². The SMILES string of the molecule is CN1C(=O)Cc2cc(C(Br)c3ccc(Cl)cc3F)ccc21. The molecule has 2 nitrogen and oxygen atoms in total. The van der Waals surface area contributed by atoms with Crippen molar-refractivity contribution in [3.8, 4) is 0 Å². The summed E-state index contributed by atoms with van der Waals surface area (Å²) in [5.41, 5.74) is 3.33. The molecule has 0 N–H and O–H groups in total. The second-order valence-corrected chi connectivity index (χ2v) is 6.40. The largest absolute Gasteiger partial charge is 0.315 e. The first-order valence-electron chi connectivity index (χ1n) is 6.46. The summed E-state index contributed by atoms with van der Waals surface area (Å²) in [6.45, 7) is 0. The molecule has 2 aromatic rings. The molecule has 0 saturated heterocycles. The molecule has 1 amide bonds. The molecule has 1 aliphatic rings. The fourth-order valence-electron chi connectivity index (χ4n) is 2.53. The van der Waals surface area contributed by atoms with E-state index in [9.17, 15) is 9.18 Å². The number of carbonyl (C=O) groups excluding carboxylic acids is 1. The molecule has 21 heavy (non-hydrogen) atoms. The van der Waals surface area contributed by atoms with E-state index in [1.165, 1.54) is 6.07 Å². The van der Waals surface area contributed by atoms with Crippen molar-refractivity contribution in [2.45, 2.75) is 11.2 Å². The Balaban J connectivity index is 1.98. The third-order valence-electron chi connectivity index (χ3n) is 3.71. The molecule has 1 aliphatic heterocycles. The Labute approximate surface area is 135 Å². The van der Waals surface area contributed by atoms with Crippen LogP contribution in [0, 0.1) is 5.82 Å². The minimum Gasteiger partial charge on any atom is -0.315 e. The zero-order valence-corrected chi connectivity index (χ0v) is 13.6. The molecule has 0 fully saturated rings. The van der Waals surface area contributed by atoms with Crippen LogP contribution in [0.1, 0.15) is 21.5 Å². The summed E-state index contributed by atoms with van der Waals surface area (Å²) in [7, 11) is 1.76. The monoisotopic (exact) mass is 367 g/mol. The van der Waals surface area contributed by atoms with Gasteiger partial charge in [0, 0.05) is 23.3 Å². The van der Waals surface area contributed by atoms with Gasteiger partial charge >= 0.3 is 0 Å². The van der Waals surface area contributed by atoms with Crippen LogP contribution in [-0.4, -0.2) is 13.0 Å². The van der Waals surface area contributed by atoms with Gasteiger partial charge in [-0.2, -0.15) is 0 Å². The van der Waals surface area contributed by atoms with Gasteiger partial charge in [0.1, 0.15) is 5.82 Å². The molecule has 2 aromatic carbocycles. The highest BCUT2D eigenvalue weighted by atomic mass is 79.9. The Hall–Kier alpha value is -1.39. The maximum absolute atomic E-state index is 14.0. The predicted octanol–water partition coefficient (Wildman–Crippen LogP) is 4.48. The van der Waals surface area contributed by atoms with E-state index in [1.807, 2.05) is 18.2 Å². The fraction of sp³-hybridized carbons (Fsp3) is 0.188. The second-order valence-electron chi connectivity index (χ2n) is 5.05. The fourth-order valence-corrected chi connectivity index (χ4v) is 3.35. The van der Waals surface area contributed by atoms with Crippen molar-refractivity contribution < 1.29 is 9.18 Å². The van der Waals surface area contributed by atoms with Crippen LogP contribution < -0.4 is 4.90 Å². The molecule has 1 atom stereocenters. The highest BCUT2D eigenvalue weighted by molar-refractivity contribution is 9.09. The van der Waals surface area contributed by atoms with Gasteiger partial charge in [0.05, 0.1) is 11.2 Å². The highest BCUT2D eigenvalue weighted by Gasteiger charge is 2.25. The Morgan fingerprint density at radius 1 is 1.29 bits per heavy atom. The summed E-state index contributed by atoms with van der Waals surface area (Å²) in [4.78, 5) is 13.1. The van der Waals surface area contributed by atoms with Gasteiger partial charge in [-0.3, -0.25) is 4.79 Å². The number of anilines is 1. The third-order valence-corrected chi connectivity index (χ3v) is 4.97. The normalized spacial score (nSPS) is 15.2. The van der Waals surface area contributed by atoms with Crippen molar-refractivity contribution in [3.05, 3.63) is 63.9 Å². The van der Waals surface area contributed by atoms with Gasteiger partial charge < -0.3 is 4.90 Å². The number of nitrogens with zero attached hydrogens (tertiary/aromatic N) is 1. The first-order valence-corrected chi connectivity index (χ1v) is 7.75. The number of hydrogen-bond acceptors (Lipinski definition) is 1. The molecule has 108 valence electrons. The third kappa shape index (κ3) is 2.58. The molecule has 0 aromatic heterocycles. The van der Waals surface area contributed by atoms with Crippen molar-refractivity contribution in [2.75, 3.05) is 11.9 Å². The lowest BCUT2D eigenvalue weighted by atomic mass is 10.0. The van der Waals surface area contributed by atoms with E-state index < -0.39 is 0 Å². The summed E-state index contributed by atoms with van der Waals surface area (Å²) >= 11 is 9.30. The first kappa shape index (κ1) is 14.5. The lowest BCUT2D eigenvalue weighted by molar-refractivity contribution is -0.117. The van der Waals surface area contributed by atoms with Crippen LogP contribution in [0.3, 0.4) is 0 Å². The molecule has 5 heteroatoms. The summed E-state index contributed by atoms with van der Waals surface area (Å²) in [5, 5.41) is 0.372. The first-order chi connectivity index (χ1) is 9.97. The van der Waals surface area contributed by atoms with Crippen LogP contribution >= 0.6 is 27.5 Å². The van der Waals surface area contributed by atoms with E-state index in [1.54, 1.807) is 24.1 Å². The number of rotatable bonds is 2. The summed E-state index contributed by atoms with van der Waals surface area (Å²) < 4.78 is 14.0. The molecule has 0 aliphatic carbocycles. The van der Waals surface area contributed by atoms with Gasteiger partial charge in [-0.15, -0.1) is 0 Å². The number of benzene rings is 2. The minimum atomic E-state index is -0.349. The van der Waals surface area contributed by atoms with E-state index in [2.05, 4.69) is 15.9 Å². The van der Waals surface area contributed by atoms with E-state index in [0.29, 0.717) is 17.0 Å². The average Bonchev–Trinajstić information content (AvgIpc) is 2.73. The molecular weight excluding hydrogens is 357 g/mol. The Bertz CT molecular complexity index is 734. The quantitative estimate of drug-likeness (QED) is 0.716. The van der Waals surface area contributed by atoms with Gasteiger partial charge in [0.15, 0.2) is 0 Å². The summed E-state index contributed by atoms with van der Waals surface area (Å²) in [6.07, 6.45) is 0.391. The number of halogens is 3. The van der Waals surface area contributed by atoms with Crippen molar-refractivity contribution in [1.29, 1.82) is 0 Å². The van der Waals surface area contributed by atoms with Crippen LogP contribution in [0.5, 0.6) is 0 Å². The molecule has 0 saturated carbocycles. The maximum atomic E-state index is 14.0. The topological polar surface area (TPSA) is 20.3 Å². The highest BCUT2D eigenvalue weighted by Crippen LogP contribution is 2.37. The van der Waals surface area contributed by atoms with Crippen LogP contribution in [0.15, 0.2) is 36.4 Å². The van der Waals surface area contributed by atoms with Crippen LogP contribution in [0.2, 0.25) is 5.02 Å². The van der Waals surface area contributed by atoms with Gasteiger partial charge in [0.2, 0.25) is 5.91 Å². The molecule has 1 unspecified atom stereocenters. The molecule has 0 bridgehead atoms. The van der Waals surface area contributed by atoms with Crippen LogP contribution in [0.25, 0.3) is 0 Å². The summed E-state index contributed by atoms with van der Waals surface area (Å²) in [5.74, 6) is -0.274. The number of hydrogen-bond donors (Lipinski definition) is 0. The Morgan fingerprint density at radius 3 is 2.76 bits per heavy atom. The van der Waals surface area contributed by atoms with Crippen LogP contribution in [-0.2, 0) is 11.2 Å². The molecular formula is C16H12BrClFNO. The predicted molar refractivity (Wildman–Crippen MR) is 85.7 cm³/mol. The standard InChI is InChI=1S/C16H12BrClFNO/c1-20-14-5-2-9(6-10(14)7-15(20)21)16(17)12-4-3-11(18)8-13(12)19/h2-6,8,16H,7H2,1H3. The lowest BCUT2D eigenvalue weighted by Crippen LogP contribution is -2.20. The number of alkyl halides is 1. The van der Waals surface area contributed by atoms with Crippen LogP contribution in [0.4, 0.5) is 10.1 Å². The Kier molecular flexibility index (Phi) is 3.76. The van der Waals surface area contributed by atoms with Gasteiger partial charge in [-0.05, 0) is 29.3 Å². The van der Waals surface area contributed by atoms with Gasteiger partial charge in [-0.1, -0.05) is 45.7 Å². The molecule has 3 rings (SSSR count). The average molecular weight is 369 g/mol. The minimum absolute atomic E-state index is 0.0749. The molecule has 0 spiro atoms. The van der Waals surface area contributed by atoms with Gasteiger partial charge in [-0.25, -0.2) is 4.39 Å².